The van der Waals surface area contributed by atoms with Gasteiger partial charge < -0.3 is 23.9 Å². The fraction of sp³-hybridized carbons (Fsp3) is 0.550. The molecule has 0 bridgehead atoms. The number of aromatic nitrogens is 2. The summed E-state index contributed by atoms with van der Waals surface area (Å²) in [6, 6.07) is 3.57. The summed E-state index contributed by atoms with van der Waals surface area (Å²) in [7, 11) is 1.94. The highest BCUT2D eigenvalue weighted by Crippen LogP contribution is 2.23. The molecule has 1 aliphatic heterocycles. The van der Waals surface area contributed by atoms with Crippen LogP contribution in [0.15, 0.2) is 34.1 Å². The molecule has 3 heterocycles. The second-order valence-electron chi connectivity index (χ2n) is 8.09. The Morgan fingerprint density at radius 3 is 2.66 bits per heavy atom. The van der Waals surface area contributed by atoms with Crippen LogP contribution in [0, 0.1) is 0 Å². The molecule has 0 atom stereocenters. The van der Waals surface area contributed by atoms with Gasteiger partial charge in [0.25, 0.3) is 5.91 Å². The smallest absolute Gasteiger partial charge is 0.407 e. The number of ether oxygens (including phenoxy) is 1. The summed E-state index contributed by atoms with van der Waals surface area (Å²) in [5.41, 5.74) is -0.522. The average Bonchev–Trinajstić information content (AvgIpc) is 3.27. The predicted molar refractivity (Wildman–Crippen MR) is 110 cm³/mol. The zero-order chi connectivity index (χ0) is 21.0. The van der Waals surface area contributed by atoms with Crippen LogP contribution in [0.4, 0.5) is 4.79 Å². The first-order chi connectivity index (χ1) is 13.7. The van der Waals surface area contributed by atoms with Crippen molar-refractivity contribution in [2.45, 2.75) is 56.2 Å². The van der Waals surface area contributed by atoms with Crippen LogP contribution in [0.5, 0.6) is 0 Å². The van der Waals surface area contributed by atoms with Gasteiger partial charge in [-0.15, -0.1) is 0 Å². The van der Waals surface area contributed by atoms with Crippen molar-refractivity contribution in [2.75, 3.05) is 13.1 Å². The summed E-state index contributed by atoms with van der Waals surface area (Å²) in [6.45, 7) is 6.63. The van der Waals surface area contributed by atoms with Crippen molar-refractivity contribution in [2.24, 2.45) is 7.05 Å². The van der Waals surface area contributed by atoms with E-state index in [1.807, 2.05) is 44.6 Å². The molecule has 0 aliphatic carbocycles. The molecule has 0 saturated carbocycles. The standard InChI is InChI=1S/C20H28N4O4S/c1-20(2,3)28-19(26)22-14-7-10-24(11-8-14)17(25)16-6-5-15(27-16)13-29-18-21-9-12-23(18)4/h5-6,9,12,14H,7-8,10-11,13H2,1-4H3,(H,22,26). The van der Waals surface area contributed by atoms with Gasteiger partial charge in [0.05, 0.1) is 5.75 Å². The first-order valence-electron chi connectivity index (χ1n) is 9.69. The molecule has 1 N–H and O–H groups in total. The SMILES string of the molecule is Cn1ccnc1SCc1ccc(C(=O)N2CCC(NC(=O)OC(C)(C)C)CC2)o1. The minimum atomic E-state index is -0.522. The normalized spacial score (nSPS) is 15.4. The summed E-state index contributed by atoms with van der Waals surface area (Å²) in [5, 5.41) is 3.78. The number of carbonyl (C=O) groups excluding carboxylic acids is 2. The summed E-state index contributed by atoms with van der Waals surface area (Å²) < 4.78 is 13.0. The second-order valence-corrected chi connectivity index (χ2v) is 9.03. The highest BCUT2D eigenvalue weighted by atomic mass is 32.2. The van der Waals surface area contributed by atoms with Gasteiger partial charge in [0.1, 0.15) is 11.4 Å². The summed E-state index contributed by atoms with van der Waals surface area (Å²) >= 11 is 1.56. The van der Waals surface area contributed by atoms with Crippen molar-refractivity contribution >= 4 is 23.8 Å². The van der Waals surface area contributed by atoms with Crippen LogP contribution in [0.1, 0.15) is 49.9 Å². The molecule has 2 aromatic rings. The second kappa shape index (κ2) is 8.94. The van der Waals surface area contributed by atoms with E-state index in [2.05, 4.69) is 10.3 Å². The van der Waals surface area contributed by atoms with Gasteiger partial charge in [0, 0.05) is 38.6 Å². The van der Waals surface area contributed by atoms with E-state index in [1.165, 1.54) is 0 Å². The third-order valence-corrected chi connectivity index (χ3v) is 5.58. The molecule has 0 spiro atoms. The number of hydrogen-bond donors (Lipinski definition) is 1. The Balaban J connectivity index is 1.46. The summed E-state index contributed by atoms with van der Waals surface area (Å²) in [6.07, 6.45) is 4.60. The average molecular weight is 421 g/mol. The predicted octanol–water partition coefficient (Wildman–Crippen LogP) is 3.43. The molecule has 29 heavy (non-hydrogen) atoms. The summed E-state index contributed by atoms with van der Waals surface area (Å²) in [4.78, 5) is 30.6. The van der Waals surface area contributed by atoms with Crippen molar-refractivity contribution in [3.63, 3.8) is 0 Å². The number of carbonyl (C=O) groups is 2. The van der Waals surface area contributed by atoms with Gasteiger partial charge in [0.2, 0.25) is 0 Å². The lowest BCUT2D eigenvalue weighted by Crippen LogP contribution is -2.47. The lowest BCUT2D eigenvalue weighted by atomic mass is 10.1. The van der Waals surface area contributed by atoms with Crippen LogP contribution in [0.25, 0.3) is 0 Å². The largest absolute Gasteiger partial charge is 0.455 e. The first-order valence-corrected chi connectivity index (χ1v) is 10.7. The van der Waals surface area contributed by atoms with E-state index >= 15 is 0 Å². The molecule has 0 aromatic carbocycles. The highest BCUT2D eigenvalue weighted by molar-refractivity contribution is 7.98. The Kier molecular flexibility index (Phi) is 6.56. The number of alkyl carbamates (subject to hydrolysis) is 1. The Morgan fingerprint density at radius 1 is 1.31 bits per heavy atom. The number of piperidine rings is 1. The van der Waals surface area contributed by atoms with Crippen LogP contribution in [0.3, 0.4) is 0 Å². The van der Waals surface area contributed by atoms with Gasteiger partial charge in [-0.3, -0.25) is 4.79 Å². The quantitative estimate of drug-likeness (QED) is 0.746. The van der Waals surface area contributed by atoms with Gasteiger partial charge in [0.15, 0.2) is 10.9 Å². The zero-order valence-electron chi connectivity index (χ0n) is 17.3. The Hall–Kier alpha value is -2.42. The van der Waals surface area contributed by atoms with E-state index in [-0.39, 0.29) is 11.9 Å². The van der Waals surface area contributed by atoms with Gasteiger partial charge in [-0.05, 0) is 45.7 Å². The molecule has 0 radical (unpaired) electrons. The van der Waals surface area contributed by atoms with E-state index in [0.717, 1.165) is 10.9 Å². The molecule has 1 saturated heterocycles. The highest BCUT2D eigenvalue weighted by Gasteiger charge is 2.27. The topological polar surface area (TPSA) is 89.6 Å². The fourth-order valence-corrected chi connectivity index (χ4v) is 3.88. The number of nitrogens with one attached hydrogen (secondary N) is 1. The first kappa shape index (κ1) is 21.3. The third-order valence-electron chi connectivity index (χ3n) is 4.50. The Morgan fingerprint density at radius 2 is 2.03 bits per heavy atom. The Bertz CT molecular complexity index is 847. The van der Waals surface area contributed by atoms with Gasteiger partial charge >= 0.3 is 6.09 Å². The van der Waals surface area contributed by atoms with Crippen LogP contribution in [-0.2, 0) is 17.5 Å². The van der Waals surface area contributed by atoms with Crippen LogP contribution in [0.2, 0.25) is 0 Å². The van der Waals surface area contributed by atoms with Crippen molar-refractivity contribution in [3.05, 3.63) is 36.0 Å². The zero-order valence-corrected chi connectivity index (χ0v) is 18.1. The van der Waals surface area contributed by atoms with Crippen LogP contribution in [-0.4, -0.2) is 51.2 Å². The van der Waals surface area contributed by atoms with Crippen molar-refractivity contribution < 1.29 is 18.7 Å². The third kappa shape index (κ3) is 6.03. The minimum Gasteiger partial charge on any atom is -0.455 e. The molecular formula is C20H28N4O4S. The van der Waals surface area contributed by atoms with Crippen molar-refractivity contribution in [1.82, 2.24) is 19.8 Å². The maximum Gasteiger partial charge on any atom is 0.407 e. The fourth-order valence-electron chi connectivity index (χ4n) is 3.05. The Labute approximate surface area is 175 Å². The molecule has 1 fully saturated rings. The molecule has 9 heteroatoms. The maximum absolute atomic E-state index is 12.7. The van der Waals surface area contributed by atoms with Gasteiger partial charge in [-0.2, -0.15) is 0 Å². The van der Waals surface area contributed by atoms with Gasteiger partial charge in [-0.25, -0.2) is 9.78 Å². The molecule has 3 rings (SSSR count). The summed E-state index contributed by atoms with van der Waals surface area (Å²) in [5.74, 6) is 1.58. The molecular weight excluding hydrogens is 392 g/mol. The van der Waals surface area contributed by atoms with E-state index in [0.29, 0.717) is 37.4 Å². The van der Waals surface area contributed by atoms with Crippen LogP contribution < -0.4 is 5.32 Å². The number of hydrogen-bond acceptors (Lipinski definition) is 6. The molecule has 158 valence electrons. The lowest BCUT2D eigenvalue weighted by molar-refractivity contribution is 0.0470. The number of rotatable bonds is 5. The van der Waals surface area contributed by atoms with Gasteiger partial charge in [-0.1, -0.05) is 11.8 Å². The van der Waals surface area contributed by atoms with E-state index < -0.39 is 11.7 Å². The number of nitrogens with zero attached hydrogens (tertiary/aromatic N) is 3. The maximum atomic E-state index is 12.7. The molecule has 8 nitrogen and oxygen atoms in total. The number of amides is 2. The van der Waals surface area contributed by atoms with Crippen LogP contribution >= 0.6 is 11.8 Å². The number of thioether (sulfide) groups is 1. The van der Waals surface area contributed by atoms with Crippen molar-refractivity contribution in [1.29, 1.82) is 0 Å². The number of aryl methyl sites for hydroxylation is 1. The minimum absolute atomic E-state index is 0.00949. The van der Waals surface area contributed by atoms with E-state index in [1.54, 1.807) is 28.9 Å². The van der Waals surface area contributed by atoms with E-state index in [9.17, 15) is 9.59 Å². The van der Waals surface area contributed by atoms with E-state index in [4.69, 9.17) is 9.15 Å². The monoisotopic (exact) mass is 420 g/mol. The molecule has 2 amide bonds. The number of likely N-dealkylation sites (tertiary alicyclic amines) is 1. The number of furan rings is 1. The number of imidazole rings is 1. The van der Waals surface area contributed by atoms with Crippen molar-refractivity contribution in [3.8, 4) is 0 Å². The molecule has 2 aromatic heterocycles. The molecule has 0 unspecified atom stereocenters. The molecule has 1 aliphatic rings. The lowest BCUT2D eigenvalue weighted by Gasteiger charge is -2.32.